The van der Waals surface area contributed by atoms with Crippen LogP contribution in [0.15, 0.2) is 12.3 Å². The average molecular weight is 210 g/mol. The minimum Gasteiger partial charge on any atom is -0.366 e. The molecule has 1 aliphatic heterocycles. The molecule has 1 unspecified atom stereocenters. The second kappa shape index (κ2) is 4.50. The minimum absolute atomic E-state index is 0.569. The first kappa shape index (κ1) is 9.58. The molecule has 1 aromatic rings. The van der Waals surface area contributed by atoms with Crippen LogP contribution in [-0.4, -0.2) is 34.6 Å². The fourth-order valence-corrected chi connectivity index (χ4v) is 2.57. The van der Waals surface area contributed by atoms with Crippen molar-refractivity contribution in [3.63, 3.8) is 0 Å². The fraction of sp³-hybridized carbons (Fsp3) is 0.556. The largest absolute Gasteiger partial charge is 0.366 e. The highest BCUT2D eigenvalue weighted by atomic mass is 32.2. The van der Waals surface area contributed by atoms with Crippen molar-refractivity contribution in [3.05, 3.63) is 12.3 Å². The molecule has 4 nitrogen and oxygen atoms in total. The van der Waals surface area contributed by atoms with E-state index in [0.29, 0.717) is 12.0 Å². The lowest BCUT2D eigenvalue weighted by Crippen LogP contribution is -2.19. The number of hydrogen-bond donors (Lipinski definition) is 2. The van der Waals surface area contributed by atoms with E-state index in [-0.39, 0.29) is 0 Å². The van der Waals surface area contributed by atoms with Crippen LogP contribution in [0.2, 0.25) is 0 Å². The van der Waals surface area contributed by atoms with E-state index in [9.17, 15) is 0 Å². The zero-order chi connectivity index (χ0) is 9.80. The van der Waals surface area contributed by atoms with Crippen LogP contribution in [-0.2, 0) is 0 Å². The lowest BCUT2D eigenvalue weighted by Gasteiger charge is -2.11. The Hall–Kier alpha value is -0.970. The van der Waals surface area contributed by atoms with Gasteiger partial charge in [0.2, 0.25) is 5.95 Å². The maximum Gasteiger partial charge on any atom is 0.224 e. The highest BCUT2D eigenvalue weighted by Crippen LogP contribution is 2.20. The summed E-state index contributed by atoms with van der Waals surface area (Å²) in [6, 6.07) is 2.48. The molecule has 2 N–H and O–H groups in total. The molecule has 76 valence electrons. The number of aromatic nitrogens is 2. The van der Waals surface area contributed by atoms with E-state index >= 15 is 0 Å². The Kier molecular flexibility index (Phi) is 3.08. The van der Waals surface area contributed by atoms with Crippen LogP contribution in [0.25, 0.3) is 0 Å². The summed E-state index contributed by atoms with van der Waals surface area (Å²) < 4.78 is 0. The van der Waals surface area contributed by atoms with Crippen LogP contribution < -0.4 is 10.6 Å². The Morgan fingerprint density at radius 3 is 3.21 bits per heavy atom. The molecule has 0 saturated carbocycles. The second-order valence-electron chi connectivity index (χ2n) is 3.22. The molecule has 1 aromatic heterocycles. The van der Waals surface area contributed by atoms with Crippen molar-refractivity contribution < 1.29 is 0 Å². The number of rotatable bonds is 3. The van der Waals surface area contributed by atoms with Gasteiger partial charge in [-0.15, -0.1) is 0 Å². The van der Waals surface area contributed by atoms with Gasteiger partial charge in [-0.2, -0.15) is 16.7 Å². The molecule has 1 fully saturated rings. The number of thioether (sulfide) groups is 1. The first-order valence-corrected chi connectivity index (χ1v) is 5.89. The first-order chi connectivity index (χ1) is 6.88. The summed E-state index contributed by atoms with van der Waals surface area (Å²) in [6.45, 7) is 0. The van der Waals surface area contributed by atoms with E-state index in [1.54, 1.807) is 6.20 Å². The smallest absolute Gasteiger partial charge is 0.224 e. The maximum absolute atomic E-state index is 4.31. The highest BCUT2D eigenvalue weighted by molar-refractivity contribution is 7.99. The van der Waals surface area contributed by atoms with Crippen molar-refractivity contribution in [1.82, 2.24) is 9.97 Å². The molecule has 1 saturated heterocycles. The van der Waals surface area contributed by atoms with Crippen molar-refractivity contribution in [2.24, 2.45) is 0 Å². The Morgan fingerprint density at radius 1 is 1.57 bits per heavy atom. The molecule has 0 amide bonds. The molecule has 2 heterocycles. The normalized spacial score (nSPS) is 20.8. The lowest BCUT2D eigenvalue weighted by atomic mass is 10.2. The molecule has 0 bridgehead atoms. The monoisotopic (exact) mass is 210 g/mol. The van der Waals surface area contributed by atoms with Crippen LogP contribution in [0.3, 0.4) is 0 Å². The average Bonchev–Trinajstić information content (AvgIpc) is 2.71. The molecule has 1 atom stereocenters. The number of nitrogens with zero attached hydrogens (tertiary/aromatic N) is 2. The second-order valence-corrected chi connectivity index (χ2v) is 4.37. The number of anilines is 2. The third-order valence-corrected chi connectivity index (χ3v) is 3.32. The standard InChI is InChI=1S/C9H14N4S/c1-10-9-11-4-2-8(13-9)12-7-3-5-14-6-7/h2,4,7H,3,5-6H2,1H3,(H2,10,11,12,13). The molecule has 14 heavy (non-hydrogen) atoms. The maximum atomic E-state index is 4.31. The van der Waals surface area contributed by atoms with E-state index in [0.717, 1.165) is 5.82 Å². The van der Waals surface area contributed by atoms with Gasteiger partial charge >= 0.3 is 0 Å². The zero-order valence-electron chi connectivity index (χ0n) is 8.16. The van der Waals surface area contributed by atoms with Crippen molar-refractivity contribution >= 4 is 23.5 Å². The predicted octanol–water partition coefficient (Wildman–Crippen LogP) is 1.44. The molecule has 0 aromatic carbocycles. The van der Waals surface area contributed by atoms with Gasteiger partial charge in [0, 0.05) is 25.0 Å². The van der Waals surface area contributed by atoms with E-state index in [4.69, 9.17) is 0 Å². The lowest BCUT2D eigenvalue weighted by molar-refractivity contribution is 0.806. The first-order valence-electron chi connectivity index (χ1n) is 4.73. The van der Waals surface area contributed by atoms with Gasteiger partial charge in [-0.3, -0.25) is 0 Å². The van der Waals surface area contributed by atoms with Gasteiger partial charge in [-0.25, -0.2) is 4.98 Å². The SMILES string of the molecule is CNc1nccc(NC2CCSC2)n1. The molecule has 2 rings (SSSR count). The van der Waals surface area contributed by atoms with Gasteiger partial charge in [0.25, 0.3) is 0 Å². The van der Waals surface area contributed by atoms with E-state index in [1.807, 2.05) is 24.9 Å². The van der Waals surface area contributed by atoms with Crippen LogP contribution in [0.4, 0.5) is 11.8 Å². The summed E-state index contributed by atoms with van der Waals surface area (Å²) in [4.78, 5) is 8.38. The van der Waals surface area contributed by atoms with Crippen molar-refractivity contribution in [2.45, 2.75) is 12.5 Å². The van der Waals surface area contributed by atoms with Crippen molar-refractivity contribution in [1.29, 1.82) is 0 Å². The van der Waals surface area contributed by atoms with Crippen LogP contribution in [0.5, 0.6) is 0 Å². The zero-order valence-corrected chi connectivity index (χ0v) is 8.97. The van der Waals surface area contributed by atoms with E-state index in [1.165, 1.54) is 17.9 Å². The topological polar surface area (TPSA) is 49.8 Å². The van der Waals surface area contributed by atoms with Crippen LogP contribution in [0.1, 0.15) is 6.42 Å². The fourth-order valence-electron chi connectivity index (χ4n) is 1.42. The van der Waals surface area contributed by atoms with Gasteiger partial charge in [-0.1, -0.05) is 0 Å². The van der Waals surface area contributed by atoms with Crippen molar-refractivity contribution in [3.8, 4) is 0 Å². The molecule has 5 heteroatoms. The van der Waals surface area contributed by atoms with Gasteiger partial charge in [-0.05, 0) is 18.2 Å². The molecule has 0 spiro atoms. The van der Waals surface area contributed by atoms with Crippen LogP contribution >= 0.6 is 11.8 Å². The molecule has 0 aliphatic carbocycles. The summed E-state index contributed by atoms with van der Waals surface area (Å²) in [6.07, 6.45) is 2.99. The highest BCUT2D eigenvalue weighted by Gasteiger charge is 2.15. The van der Waals surface area contributed by atoms with Crippen LogP contribution in [0, 0.1) is 0 Å². The molecular formula is C9H14N4S. The minimum atomic E-state index is 0.569. The van der Waals surface area contributed by atoms with Gasteiger partial charge in [0.15, 0.2) is 0 Å². The molecular weight excluding hydrogens is 196 g/mol. The Morgan fingerprint density at radius 2 is 2.50 bits per heavy atom. The summed E-state index contributed by atoms with van der Waals surface area (Å²) in [7, 11) is 1.82. The number of nitrogens with one attached hydrogen (secondary N) is 2. The summed E-state index contributed by atoms with van der Waals surface area (Å²) >= 11 is 1.99. The molecule has 0 radical (unpaired) electrons. The predicted molar refractivity (Wildman–Crippen MR) is 60.9 cm³/mol. The summed E-state index contributed by atoms with van der Waals surface area (Å²) in [5.41, 5.74) is 0. The van der Waals surface area contributed by atoms with Crippen molar-refractivity contribution in [2.75, 3.05) is 29.2 Å². The Bertz CT molecular complexity index is 299. The van der Waals surface area contributed by atoms with Gasteiger partial charge in [0.05, 0.1) is 0 Å². The third-order valence-electron chi connectivity index (χ3n) is 2.16. The van der Waals surface area contributed by atoms with Gasteiger partial charge < -0.3 is 10.6 Å². The quantitative estimate of drug-likeness (QED) is 0.790. The van der Waals surface area contributed by atoms with E-state index in [2.05, 4.69) is 20.6 Å². The van der Waals surface area contributed by atoms with E-state index < -0.39 is 0 Å². The summed E-state index contributed by atoms with van der Waals surface area (Å²) in [5, 5.41) is 6.33. The van der Waals surface area contributed by atoms with Gasteiger partial charge in [0.1, 0.15) is 5.82 Å². The third kappa shape index (κ3) is 2.29. The number of hydrogen-bond acceptors (Lipinski definition) is 5. The summed E-state index contributed by atoms with van der Waals surface area (Å²) in [5.74, 6) is 4.01. The molecule has 1 aliphatic rings. The Labute approximate surface area is 87.9 Å². The Balaban J connectivity index is 2.00.